The number of anilines is 3. The van der Waals surface area contributed by atoms with Gasteiger partial charge < -0.3 is 9.47 Å². The molecule has 1 aromatic heterocycles. The number of aromatic nitrogens is 1. The second kappa shape index (κ2) is 10.8. The number of fused-ring (bicyclic) bond motifs is 3. The molecule has 53 heavy (non-hydrogen) atoms. The number of nitrogens with zero attached hydrogens (tertiary/aromatic N) is 2. The van der Waals surface area contributed by atoms with Gasteiger partial charge in [-0.05, 0) is 131 Å². The average molecular weight is 681 g/mol. The summed E-state index contributed by atoms with van der Waals surface area (Å²) in [6.07, 6.45) is 5.75. The Morgan fingerprint density at radius 2 is 1.00 bits per heavy atom. The first kappa shape index (κ1) is 29.7. The molecule has 4 aliphatic carbocycles. The van der Waals surface area contributed by atoms with Crippen molar-refractivity contribution in [3.8, 4) is 27.9 Å². The van der Waals surface area contributed by atoms with Crippen LogP contribution in [-0.2, 0) is 5.41 Å². The fraction of sp³-hybridized carbons (Fsp3) is 0.176. The maximum atomic E-state index is 2.52. The molecule has 0 bridgehead atoms. The number of benzene rings is 7. The summed E-state index contributed by atoms with van der Waals surface area (Å²) < 4.78 is 2.39. The summed E-state index contributed by atoms with van der Waals surface area (Å²) in [5, 5.41) is 2.57. The second-order valence-corrected chi connectivity index (χ2v) is 16.2. The van der Waals surface area contributed by atoms with E-state index in [1.807, 2.05) is 0 Å². The Hall–Kier alpha value is -5.86. The fourth-order valence-corrected chi connectivity index (χ4v) is 12.1. The van der Waals surface area contributed by atoms with Gasteiger partial charge in [0.15, 0.2) is 0 Å². The molecule has 2 atom stereocenters. The number of rotatable bonds is 7. The molecule has 0 amide bonds. The predicted octanol–water partition coefficient (Wildman–Crippen LogP) is 13.3. The van der Waals surface area contributed by atoms with Crippen LogP contribution in [0.4, 0.5) is 17.1 Å². The van der Waals surface area contributed by atoms with E-state index in [1.165, 1.54) is 92.5 Å². The molecule has 254 valence electrons. The molecular weight excluding hydrogens is 641 g/mol. The Bertz CT molecular complexity index is 2620. The minimum absolute atomic E-state index is 0.387. The van der Waals surface area contributed by atoms with Gasteiger partial charge >= 0.3 is 0 Å². The number of hydrogen-bond acceptors (Lipinski definition) is 1. The highest BCUT2D eigenvalue weighted by Gasteiger charge is 2.88. The van der Waals surface area contributed by atoms with Crippen molar-refractivity contribution in [2.24, 2.45) is 23.2 Å². The topological polar surface area (TPSA) is 8.17 Å². The highest BCUT2D eigenvalue weighted by atomic mass is 15.1. The summed E-state index contributed by atoms with van der Waals surface area (Å²) in [5.41, 5.74) is 14.9. The third-order valence-corrected chi connectivity index (χ3v) is 14.2. The summed E-state index contributed by atoms with van der Waals surface area (Å²) in [4.78, 5) is 2.52. The van der Waals surface area contributed by atoms with Crippen LogP contribution in [0.5, 0.6) is 0 Å². The first-order valence-electron chi connectivity index (χ1n) is 19.5. The standard InChI is InChI=1S/C51H40N2/c1-2-12-41(13-3-1)52(49-20-9-6-17-46(49)50-32-39-30-38-31-40(33-50)51(38,39)50)42-27-25-35(26-28-42)34-21-23-36(24-22-34)37-11-10-14-43(29-37)53-47-18-7-4-15-44(47)45-16-5-8-19-48(45)53/h1-29,38-40H,30-33H2/t38?,39-,40-,50?,51?/m0/s1. The van der Waals surface area contributed by atoms with Gasteiger partial charge in [0.05, 0.1) is 11.0 Å². The lowest BCUT2D eigenvalue weighted by atomic mass is 9.12. The van der Waals surface area contributed by atoms with Gasteiger partial charge in [-0.2, -0.15) is 0 Å². The zero-order chi connectivity index (χ0) is 34.7. The van der Waals surface area contributed by atoms with Crippen molar-refractivity contribution >= 4 is 38.9 Å². The van der Waals surface area contributed by atoms with E-state index in [2.05, 4.69) is 185 Å². The summed E-state index contributed by atoms with van der Waals surface area (Å²) in [7, 11) is 0. The Balaban J connectivity index is 0.869. The van der Waals surface area contributed by atoms with E-state index < -0.39 is 0 Å². The van der Waals surface area contributed by atoms with Crippen molar-refractivity contribution in [2.45, 2.75) is 31.1 Å². The molecular formula is C51H40N2. The molecule has 4 saturated carbocycles. The van der Waals surface area contributed by atoms with Gasteiger partial charge in [-0.3, -0.25) is 0 Å². The number of para-hydroxylation sites is 4. The maximum Gasteiger partial charge on any atom is 0.0541 e. The van der Waals surface area contributed by atoms with Crippen LogP contribution in [0, 0.1) is 23.2 Å². The van der Waals surface area contributed by atoms with Crippen molar-refractivity contribution < 1.29 is 0 Å². The maximum absolute atomic E-state index is 2.52. The van der Waals surface area contributed by atoms with Crippen LogP contribution in [0.2, 0.25) is 0 Å². The minimum atomic E-state index is 0.387. The van der Waals surface area contributed by atoms with E-state index in [-0.39, 0.29) is 0 Å². The Labute approximate surface area is 311 Å². The highest BCUT2D eigenvalue weighted by Crippen LogP contribution is 2.93. The molecule has 7 aromatic carbocycles. The third-order valence-electron chi connectivity index (χ3n) is 14.2. The summed E-state index contributed by atoms with van der Waals surface area (Å²) in [6.45, 7) is 0. The van der Waals surface area contributed by atoms with Gasteiger partial charge in [-0.1, -0.05) is 121 Å². The Morgan fingerprint density at radius 1 is 0.453 bits per heavy atom. The molecule has 2 nitrogen and oxygen atoms in total. The van der Waals surface area contributed by atoms with Crippen LogP contribution < -0.4 is 4.90 Å². The van der Waals surface area contributed by atoms with E-state index in [1.54, 1.807) is 5.56 Å². The van der Waals surface area contributed by atoms with Gasteiger partial charge in [-0.25, -0.2) is 0 Å². The molecule has 4 fully saturated rings. The molecule has 0 saturated heterocycles. The van der Waals surface area contributed by atoms with Crippen molar-refractivity contribution in [3.05, 3.63) is 181 Å². The molecule has 12 rings (SSSR count). The van der Waals surface area contributed by atoms with Gasteiger partial charge in [-0.15, -0.1) is 0 Å². The molecule has 0 unspecified atom stereocenters. The van der Waals surface area contributed by atoms with Gasteiger partial charge in [0, 0.05) is 38.9 Å². The van der Waals surface area contributed by atoms with Gasteiger partial charge in [0.25, 0.3) is 0 Å². The summed E-state index contributed by atoms with van der Waals surface area (Å²) in [5.74, 6) is 2.94. The monoisotopic (exact) mass is 680 g/mol. The zero-order valence-corrected chi connectivity index (χ0v) is 29.7. The molecule has 0 radical (unpaired) electrons. The van der Waals surface area contributed by atoms with Crippen LogP contribution >= 0.6 is 0 Å². The molecule has 1 heterocycles. The van der Waals surface area contributed by atoms with E-state index in [4.69, 9.17) is 0 Å². The summed E-state index contributed by atoms with van der Waals surface area (Å²) in [6, 6.07) is 65.1. The predicted molar refractivity (Wildman–Crippen MR) is 219 cm³/mol. The Kier molecular flexibility index (Phi) is 6.07. The zero-order valence-electron chi connectivity index (χ0n) is 29.7. The van der Waals surface area contributed by atoms with Crippen molar-refractivity contribution in [3.63, 3.8) is 0 Å². The fourth-order valence-electron chi connectivity index (χ4n) is 12.1. The molecule has 0 aliphatic heterocycles. The van der Waals surface area contributed by atoms with Crippen LogP contribution in [-0.4, -0.2) is 4.57 Å². The number of hydrogen-bond donors (Lipinski definition) is 0. The molecule has 0 N–H and O–H groups in total. The van der Waals surface area contributed by atoms with Crippen molar-refractivity contribution in [1.82, 2.24) is 4.57 Å². The van der Waals surface area contributed by atoms with E-state index in [9.17, 15) is 0 Å². The van der Waals surface area contributed by atoms with Crippen LogP contribution in [0.15, 0.2) is 176 Å². The SMILES string of the molecule is c1ccc(N(c2ccc(-c3ccc(-c4cccc(-n5c6ccccc6c6ccccc65)c4)cc3)cc2)c2ccccc2C23C[C@@H]4CC5C[C@@H](C2)C543)cc1. The first-order chi connectivity index (χ1) is 26.2. The lowest BCUT2D eigenvalue weighted by molar-refractivity contribution is -0.395. The minimum Gasteiger partial charge on any atom is -0.310 e. The van der Waals surface area contributed by atoms with Crippen LogP contribution in [0.25, 0.3) is 49.7 Å². The lowest BCUT2D eigenvalue weighted by Gasteiger charge is -2.91. The first-order valence-corrected chi connectivity index (χ1v) is 19.5. The second-order valence-electron chi connectivity index (χ2n) is 16.2. The molecule has 4 aliphatic rings. The average Bonchev–Trinajstić information content (AvgIpc) is 3.53. The molecule has 2 heteroatoms. The smallest absolute Gasteiger partial charge is 0.0541 e. The van der Waals surface area contributed by atoms with Crippen molar-refractivity contribution in [1.29, 1.82) is 0 Å². The largest absolute Gasteiger partial charge is 0.310 e. The highest BCUT2D eigenvalue weighted by molar-refractivity contribution is 6.09. The van der Waals surface area contributed by atoms with Crippen LogP contribution in [0.3, 0.4) is 0 Å². The van der Waals surface area contributed by atoms with E-state index in [0.717, 1.165) is 17.8 Å². The van der Waals surface area contributed by atoms with Gasteiger partial charge in [0.1, 0.15) is 0 Å². The van der Waals surface area contributed by atoms with Crippen LogP contribution in [0.1, 0.15) is 31.2 Å². The Morgan fingerprint density at radius 3 is 1.64 bits per heavy atom. The normalized spacial score (nSPS) is 24.6. The van der Waals surface area contributed by atoms with Gasteiger partial charge in [0.2, 0.25) is 0 Å². The quantitative estimate of drug-likeness (QED) is 0.163. The summed E-state index contributed by atoms with van der Waals surface area (Å²) >= 11 is 0. The molecule has 8 aromatic rings. The molecule has 1 spiro atoms. The van der Waals surface area contributed by atoms with Crippen molar-refractivity contribution in [2.75, 3.05) is 4.90 Å². The third kappa shape index (κ3) is 3.88. The van der Waals surface area contributed by atoms with E-state index in [0.29, 0.717) is 10.8 Å². The lowest BCUT2D eigenvalue weighted by Crippen LogP contribution is -2.87. The van der Waals surface area contributed by atoms with E-state index >= 15 is 0 Å².